The van der Waals surface area contributed by atoms with E-state index in [1.807, 2.05) is 55.5 Å². The van der Waals surface area contributed by atoms with Crippen molar-refractivity contribution >= 4 is 10.9 Å². The van der Waals surface area contributed by atoms with Gasteiger partial charge >= 0.3 is 0 Å². The average molecular weight is 486 g/mol. The summed E-state index contributed by atoms with van der Waals surface area (Å²) in [6.45, 7) is 9.30. The second-order valence-electron chi connectivity index (χ2n) is 9.23. The van der Waals surface area contributed by atoms with Crippen LogP contribution in [-0.2, 0) is 16.3 Å². The van der Waals surface area contributed by atoms with Gasteiger partial charge in [0.2, 0.25) is 0 Å². The van der Waals surface area contributed by atoms with Crippen LogP contribution in [0.1, 0.15) is 33.3 Å². The summed E-state index contributed by atoms with van der Waals surface area (Å²) in [5.74, 6) is 3.40. The second kappa shape index (κ2) is 10.9. The summed E-state index contributed by atoms with van der Waals surface area (Å²) >= 11 is 0. The van der Waals surface area contributed by atoms with E-state index in [2.05, 4.69) is 69.3 Å². The molecule has 180 valence electrons. The predicted octanol–water partition coefficient (Wildman–Crippen LogP) is 8.28. The van der Waals surface area contributed by atoms with Gasteiger partial charge in [-0.2, -0.15) is 0 Å². The summed E-state index contributed by atoms with van der Waals surface area (Å²) in [4.78, 5) is 3.67. The molecule has 0 fully saturated rings. The SMILES string of the molecule is CCOc1ccc([S+](c2ccc(OC)cc2)c2ccc(Oc3ccc(C(C)(C)C)cc3)cc2)cc1. The Morgan fingerprint density at radius 1 is 0.571 bits per heavy atom. The van der Waals surface area contributed by atoms with Crippen LogP contribution in [-0.4, -0.2) is 13.7 Å². The molecule has 0 spiro atoms. The molecule has 0 bridgehead atoms. The van der Waals surface area contributed by atoms with Crippen molar-refractivity contribution in [3.05, 3.63) is 103 Å². The van der Waals surface area contributed by atoms with Crippen molar-refractivity contribution in [2.24, 2.45) is 0 Å². The number of hydrogen-bond donors (Lipinski definition) is 0. The molecule has 0 N–H and O–H groups in total. The lowest BCUT2D eigenvalue weighted by molar-refractivity contribution is 0.340. The van der Waals surface area contributed by atoms with E-state index in [-0.39, 0.29) is 16.3 Å². The lowest BCUT2D eigenvalue weighted by atomic mass is 9.87. The van der Waals surface area contributed by atoms with Crippen LogP contribution in [0.2, 0.25) is 0 Å². The summed E-state index contributed by atoms with van der Waals surface area (Å²) in [5, 5.41) is 0. The van der Waals surface area contributed by atoms with Crippen LogP contribution in [0.15, 0.2) is 112 Å². The zero-order valence-electron chi connectivity index (χ0n) is 21.1. The first-order chi connectivity index (χ1) is 16.9. The molecule has 0 amide bonds. The van der Waals surface area contributed by atoms with Crippen LogP contribution < -0.4 is 14.2 Å². The number of rotatable bonds is 8. The third-order valence-corrected chi connectivity index (χ3v) is 7.91. The Kier molecular flexibility index (Phi) is 7.72. The molecule has 4 aromatic carbocycles. The Hall–Kier alpha value is -3.37. The van der Waals surface area contributed by atoms with E-state index in [0.717, 1.165) is 23.0 Å². The molecule has 0 aliphatic heterocycles. The van der Waals surface area contributed by atoms with E-state index < -0.39 is 0 Å². The largest absolute Gasteiger partial charge is 0.497 e. The summed E-state index contributed by atoms with van der Waals surface area (Å²) in [6.07, 6.45) is 0. The number of methoxy groups -OCH3 is 1. The van der Waals surface area contributed by atoms with Crippen LogP contribution in [0.4, 0.5) is 0 Å². The first kappa shape index (κ1) is 24.7. The van der Waals surface area contributed by atoms with Gasteiger partial charge in [-0.15, -0.1) is 0 Å². The third-order valence-electron chi connectivity index (χ3n) is 5.68. The molecule has 35 heavy (non-hydrogen) atoms. The van der Waals surface area contributed by atoms with Gasteiger partial charge in [-0.05, 0) is 103 Å². The van der Waals surface area contributed by atoms with Gasteiger partial charge in [-0.3, -0.25) is 0 Å². The van der Waals surface area contributed by atoms with Gasteiger partial charge in [0.1, 0.15) is 23.0 Å². The fourth-order valence-corrected chi connectivity index (χ4v) is 5.80. The van der Waals surface area contributed by atoms with Gasteiger partial charge in [-0.1, -0.05) is 32.9 Å². The predicted molar refractivity (Wildman–Crippen MR) is 144 cm³/mol. The Morgan fingerprint density at radius 2 is 0.971 bits per heavy atom. The van der Waals surface area contributed by atoms with E-state index >= 15 is 0 Å². The minimum Gasteiger partial charge on any atom is -0.497 e. The number of benzene rings is 4. The lowest BCUT2D eigenvalue weighted by Gasteiger charge is -2.19. The van der Waals surface area contributed by atoms with Crippen LogP contribution in [0.3, 0.4) is 0 Å². The minimum atomic E-state index is -0.272. The van der Waals surface area contributed by atoms with Gasteiger partial charge in [0.05, 0.1) is 24.6 Å². The molecule has 3 nitrogen and oxygen atoms in total. The summed E-state index contributed by atoms with van der Waals surface area (Å²) in [6, 6.07) is 33.5. The standard InChI is InChI=1S/C31H33O3S/c1-6-33-25-13-19-29(20-14-25)35(28-17-11-24(32-5)12-18-28)30-21-15-27(16-22-30)34-26-9-7-23(8-10-26)31(2,3)4/h7-22H,6H2,1-5H3/q+1. The Bertz CT molecular complexity index is 1210. The maximum absolute atomic E-state index is 6.14. The first-order valence-electron chi connectivity index (χ1n) is 11.9. The van der Waals surface area contributed by atoms with Crippen molar-refractivity contribution in [1.29, 1.82) is 0 Å². The molecule has 0 aliphatic rings. The van der Waals surface area contributed by atoms with Crippen molar-refractivity contribution in [3.8, 4) is 23.0 Å². The van der Waals surface area contributed by atoms with E-state index in [4.69, 9.17) is 14.2 Å². The van der Waals surface area contributed by atoms with Gasteiger partial charge in [0.15, 0.2) is 14.7 Å². The van der Waals surface area contributed by atoms with E-state index in [0.29, 0.717) is 6.61 Å². The fraction of sp³-hybridized carbons (Fsp3) is 0.226. The first-order valence-corrected chi connectivity index (χ1v) is 13.1. The number of hydrogen-bond acceptors (Lipinski definition) is 3. The van der Waals surface area contributed by atoms with E-state index in [1.165, 1.54) is 20.2 Å². The molecule has 0 radical (unpaired) electrons. The molecule has 4 aromatic rings. The Balaban J connectivity index is 1.60. The molecule has 0 aliphatic carbocycles. The fourth-order valence-electron chi connectivity index (χ4n) is 3.76. The van der Waals surface area contributed by atoms with Crippen molar-refractivity contribution in [3.63, 3.8) is 0 Å². The van der Waals surface area contributed by atoms with Gasteiger partial charge in [0.25, 0.3) is 0 Å². The highest BCUT2D eigenvalue weighted by Crippen LogP contribution is 2.35. The molecule has 0 heterocycles. The minimum absolute atomic E-state index is 0.123. The van der Waals surface area contributed by atoms with Crippen LogP contribution in [0.25, 0.3) is 0 Å². The van der Waals surface area contributed by atoms with E-state index in [1.54, 1.807) is 7.11 Å². The quantitative estimate of drug-likeness (QED) is 0.235. The Labute approximate surface area is 212 Å². The zero-order valence-corrected chi connectivity index (χ0v) is 21.9. The molecule has 0 saturated heterocycles. The lowest BCUT2D eigenvalue weighted by Crippen LogP contribution is -2.10. The molecular weight excluding hydrogens is 452 g/mol. The summed E-state index contributed by atoms with van der Waals surface area (Å²) < 4.78 is 17.2. The number of ether oxygens (including phenoxy) is 3. The normalized spacial score (nSPS) is 12.1. The van der Waals surface area contributed by atoms with Gasteiger partial charge in [0, 0.05) is 0 Å². The van der Waals surface area contributed by atoms with Crippen molar-refractivity contribution in [2.45, 2.75) is 47.8 Å². The van der Waals surface area contributed by atoms with Crippen LogP contribution >= 0.6 is 0 Å². The molecule has 0 aromatic heterocycles. The summed E-state index contributed by atoms with van der Waals surface area (Å²) in [5.41, 5.74) is 1.41. The molecule has 1 unspecified atom stereocenters. The highest BCUT2D eigenvalue weighted by Gasteiger charge is 2.29. The molecule has 4 rings (SSSR count). The molecular formula is C31H33O3S+. The Morgan fingerprint density at radius 3 is 1.37 bits per heavy atom. The van der Waals surface area contributed by atoms with Crippen LogP contribution in [0, 0.1) is 0 Å². The van der Waals surface area contributed by atoms with Crippen molar-refractivity contribution < 1.29 is 14.2 Å². The monoisotopic (exact) mass is 485 g/mol. The third kappa shape index (κ3) is 6.20. The zero-order chi connectivity index (χ0) is 24.8. The smallest absolute Gasteiger partial charge is 0.166 e. The highest BCUT2D eigenvalue weighted by molar-refractivity contribution is 7.97. The second-order valence-corrected chi connectivity index (χ2v) is 11.3. The maximum atomic E-state index is 6.14. The average Bonchev–Trinajstić information content (AvgIpc) is 2.87. The van der Waals surface area contributed by atoms with Crippen LogP contribution in [0.5, 0.6) is 23.0 Å². The topological polar surface area (TPSA) is 27.7 Å². The summed E-state index contributed by atoms with van der Waals surface area (Å²) in [7, 11) is 1.42. The molecule has 0 saturated carbocycles. The van der Waals surface area contributed by atoms with Gasteiger partial charge in [-0.25, -0.2) is 0 Å². The van der Waals surface area contributed by atoms with Crippen molar-refractivity contribution in [1.82, 2.24) is 0 Å². The molecule has 1 atom stereocenters. The van der Waals surface area contributed by atoms with E-state index in [9.17, 15) is 0 Å². The maximum Gasteiger partial charge on any atom is 0.166 e. The molecule has 4 heteroatoms. The van der Waals surface area contributed by atoms with Gasteiger partial charge < -0.3 is 14.2 Å². The highest BCUT2D eigenvalue weighted by atomic mass is 32.2. The van der Waals surface area contributed by atoms with Crippen molar-refractivity contribution in [2.75, 3.05) is 13.7 Å².